The summed E-state index contributed by atoms with van der Waals surface area (Å²) >= 11 is 0.819. The molecule has 2 rings (SSSR count). The summed E-state index contributed by atoms with van der Waals surface area (Å²) in [6.07, 6.45) is 1.01. The second-order valence-corrected chi connectivity index (χ2v) is 5.30. The standard InChI is InChI=1S/C15H11N3O4S/c1-22-12(19)7-11-14(21)18(9-5-3-2-4-6-9)15(23-11)10(8-16)13(17)20/h2-7H,1H3,(H2,17,20). The Bertz CT molecular complexity index is 980. The summed E-state index contributed by atoms with van der Waals surface area (Å²) in [5.41, 5.74) is 4.74. The van der Waals surface area contributed by atoms with Gasteiger partial charge in [-0.25, -0.2) is 4.79 Å². The molecule has 0 unspecified atom stereocenters. The monoisotopic (exact) mass is 329 g/mol. The van der Waals surface area contributed by atoms with Gasteiger partial charge in [0.15, 0.2) is 5.57 Å². The first-order valence-electron chi connectivity index (χ1n) is 6.30. The summed E-state index contributed by atoms with van der Waals surface area (Å²) in [7, 11) is 1.18. The number of primary amides is 1. The van der Waals surface area contributed by atoms with Gasteiger partial charge < -0.3 is 10.5 Å². The molecule has 0 bridgehead atoms. The van der Waals surface area contributed by atoms with E-state index >= 15 is 0 Å². The summed E-state index contributed by atoms with van der Waals surface area (Å²) < 4.78 is 5.76. The van der Waals surface area contributed by atoms with E-state index in [-0.39, 0.29) is 14.8 Å². The average molecular weight is 329 g/mol. The van der Waals surface area contributed by atoms with Gasteiger partial charge in [0.25, 0.3) is 11.5 Å². The Morgan fingerprint density at radius 3 is 2.52 bits per heavy atom. The zero-order valence-electron chi connectivity index (χ0n) is 12.0. The maximum atomic E-state index is 12.5. The van der Waals surface area contributed by atoms with Gasteiger partial charge in [0.05, 0.1) is 12.8 Å². The van der Waals surface area contributed by atoms with Crippen LogP contribution in [-0.2, 0) is 14.3 Å². The van der Waals surface area contributed by atoms with Crippen LogP contribution in [-0.4, -0.2) is 23.6 Å². The predicted molar refractivity (Wildman–Crippen MR) is 83.9 cm³/mol. The molecule has 7 nitrogen and oxygen atoms in total. The molecular formula is C15H11N3O4S. The highest BCUT2D eigenvalue weighted by molar-refractivity contribution is 7.07. The van der Waals surface area contributed by atoms with Gasteiger partial charge in [-0.05, 0) is 12.1 Å². The lowest BCUT2D eigenvalue weighted by molar-refractivity contribution is -0.133. The van der Waals surface area contributed by atoms with Crippen LogP contribution in [0.25, 0.3) is 17.3 Å². The van der Waals surface area contributed by atoms with Crippen LogP contribution in [0.4, 0.5) is 0 Å². The Hall–Kier alpha value is -3.18. The van der Waals surface area contributed by atoms with Crippen molar-refractivity contribution in [1.82, 2.24) is 4.57 Å². The van der Waals surface area contributed by atoms with Crippen molar-refractivity contribution in [1.29, 1.82) is 5.26 Å². The minimum absolute atomic E-state index is 0.0321. The van der Waals surface area contributed by atoms with E-state index in [1.807, 2.05) is 0 Å². The average Bonchev–Trinajstić information content (AvgIpc) is 2.85. The van der Waals surface area contributed by atoms with Gasteiger partial charge in [0.1, 0.15) is 15.3 Å². The number of nitrogens with two attached hydrogens (primary N) is 1. The van der Waals surface area contributed by atoms with E-state index in [1.54, 1.807) is 36.4 Å². The molecule has 2 N–H and O–H groups in total. The van der Waals surface area contributed by atoms with E-state index in [0.29, 0.717) is 5.69 Å². The van der Waals surface area contributed by atoms with Crippen LogP contribution in [0, 0.1) is 11.3 Å². The molecule has 8 heteroatoms. The van der Waals surface area contributed by atoms with Crippen LogP contribution in [0.1, 0.15) is 0 Å². The molecule has 0 aliphatic heterocycles. The maximum absolute atomic E-state index is 12.5. The molecule has 2 aromatic rings. The summed E-state index contributed by atoms with van der Waals surface area (Å²) in [6.45, 7) is 0. The molecule has 1 aromatic carbocycles. The first-order chi connectivity index (χ1) is 11.0. The Morgan fingerprint density at radius 2 is 2.00 bits per heavy atom. The third-order valence-corrected chi connectivity index (χ3v) is 3.95. The fraction of sp³-hybridized carbons (Fsp3) is 0.0667. The number of nitriles is 1. The number of rotatable bonds is 3. The number of ether oxygens (including phenoxy) is 1. The Kier molecular flexibility index (Phi) is 4.73. The number of amides is 1. The summed E-state index contributed by atoms with van der Waals surface area (Å²) in [6, 6.07) is 10.1. The number of esters is 1. The van der Waals surface area contributed by atoms with Crippen molar-refractivity contribution in [3.05, 3.63) is 49.9 Å². The number of benzene rings is 1. The van der Waals surface area contributed by atoms with Crippen molar-refractivity contribution >= 4 is 34.9 Å². The number of aromatic nitrogens is 1. The lowest BCUT2D eigenvalue weighted by Gasteiger charge is -2.01. The van der Waals surface area contributed by atoms with Crippen LogP contribution in [0.15, 0.2) is 35.1 Å². The lowest BCUT2D eigenvalue weighted by atomic mass is 10.3. The number of methoxy groups -OCH3 is 1. The number of thiazole rings is 1. The summed E-state index contributed by atoms with van der Waals surface area (Å²) in [5, 5.41) is 9.15. The van der Waals surface area contributed by atoms with Crippen LogP contribution >= 0.6 is 11.3 Å². The molecule has 0 radical (unpaired) electrons. The number of carbonyl (C=O) groups excluding carboxylic acids is 2. The Labute approximate surface area is 134 Å². The maximum Gasteiger partial charge on any atom is 0.332 e. The highest BCUT2D eigenvalue weighted by Crippen LogP contribution is 2.02. The Balaban J connectivity index is 2.99. The van der Waals surface area contributed by atoms with Gasteiger partial charge >= 0.3 is 5.97 Å². The van der Waals surface area contributed by atoms with Crippen LogP contribution in [0.3, 0.4) is 0 Å². The van der Waals surface area contributed by atoms with Crippen molar-refractivity contribution in [2.75, 3.05) is 7.11 Å². The highest BCUT2D eigenvalue weighted by Gasteiger charge is 2.15. The predicted octanol–water partition coefficient (Wildman–Crippen LogP) is -0.988. The van der Waals surface area contributed by atoms with Gasteiger partial charge in [-0.3, -0.25) is 14.2 Å². The number of para-hydroxylation sites is 1. The molecule has 0 saturated carbocycles. The molecule has 0 aliphatic carbocycles. The Morgan fingerprint density at radius 1 is 1.35 bits per heavy atom. The quantitative estimate of drug-likeness (QED) is 0.726. The third-order valence-electron chi connectivity index (χ3n) is 2.86. The van der Waals surface area contributed by atoms with E-state index in [4.69, 9.17) is 11.0 Å². The summed E-state index contributed by atoms with van der Waals surface area (Å²) in [4.78, 5) is 35.4. The second-order valence-electron chi connectivity index (χ2n) is 4.27. The molecule has 0 spiro atoms. The van der Waals surface area contributed by atoms with Gasteiger partial charge in [-0.15, -0.1) is 11.3 Å². The van der Waals surface area contributed by atoms with Crippen molar-refractivity contribution in [2.24, 2.45) is 5.73 Å². The van der Waals surface area contributed by atoms with E-state index in [9.17, 15) is 14.4 Å². The van der Waals surface area contributed by atoms with E-state index in [2.05, 4.69) is 4.74 Å². The summed E-state index contributed by atoms with van der Waals surface area (Å²) in [5.74, 6) is -1.67. The number of carbonyl (C=O) groups is 2. The minimum Gasteiger partial charge on any atom is -0.466 e. The van der Waals surface area contributed by atoms with Gasteiger partial charge in [0.2, 0.25) is 0 Å². The van der Waals surface area contributed by atoms with Crippen molar-refractivity contribution in [3.8, 4) is 11.8 Å². The van der Waals surface area contributed by atoms with Crippen molar-refractivity contribution in [3.63, 3.8) is 0 Å². The lowest BCUT2D eigenvalue weighted by Crippen LogP contribution is -2.32. The minimum atomic E-state index is -0.956. The number of hydrogen-bond acceptors (Lipinski definition) is 6. The van der Waals surface area contributed by atoms with Crippen molar-refractivity contribution in [2.45, 2.75) is 0 Å². The molecule has 23 heavy (non-hydrogen) atoms. The zero-order valence-corrected chi connectivity index (χ0v) is 12.8. The van der Waals surface area contributed by atoms with Crippen molar-refractivity contribution < 1.29 is 14.3 Å². The SMILES string of the molecule is COC(=O)C=c1sc(=C(C#N)C(N)=O)n(-c2ccccc2)c1=O. The van der Waals surface area contributed by atoms with Gasteiger partial charge in [-0.1, -0.05) is 18.2 Å². The second kappa shape index (κ2) is 6.72. The highest BCUT2D eigenvalue weighted by atomic mass is 32.1. The fourth-order valence-electron chi connectivity index (χ4n) is 1.84. The third kappa shape index (κ3) is 3.20. The smallest absolute Gasteiger partial charge is 0.332 e. The van der Waals surface area contributed by atoms with E-state index < -0.39 is 17.4 Å². The molecule has 0 atom stereocenters. The van der Waals surface area contributed by atoms with Crippen LogP contribution in [0.5, 0.6) is 0 Å². The van der Waals surface area contributed by atoms with E-state index in [0.717, 1.165) is 17.4 Å². The van der Waals surface area contributed by atoms with E-state index in [1.165, 1.54) is 11.7 Å². The van der Waals surface area contributed by atoms with Crippen LogP contribution in [0.2, 0.25) is 0 Å². The largest absolute Gasteiger partial charge is 0.466 e. The molecule has 0 fully saturated rings. The van der Waals surface area contributed by atoms with Gasteiger partial charge in [-0.2, -0.15) is 5.26 Å². The van der Waals surface area contributed by atoms with Gasteiger partial charge in [0, 0.05) is 6.08 Å². The topological polar surface area (TPSA) is 115 Å². The normalized spacial score (nSPS) is 12.4. The molecule has 1 aromatic heterocycles. The molecule has 0 saturated heterocycles. The molecule has 1 heterocycles. The molecule has 0 aliphatic rings. The number of hydrogen-bond donors (Lipinski definition) is 1. The zero-order chi connectivity index (χ0) is 17.0. The first-order valence-corrected chi connectivity index (χ1v) is 7.12. The molecule has 116 valence electrons. The number of nitrogens with zero attached hydrogens (tertiary/aromatic N) is 2. The first kappa shape index (κ1) is 16.2. The fourth-order valence-corrected chi connectivity index (χ4v) is 2.91. The van der Waals surface area contributed by atoms with Crippen LogP contribution < -0.4 is 20.5 Å². The molecule has 1 amide bonds. The molecular weight excluding hydrogens is 318 g/mol.